The molecule has 0 saturated carbocycles. The van der Waals surface area contributed by atoms with E-state index in [-0.39, 0.29) is 6.61 Å². The van der Waals surface area contributed by atoms with Gasteiger partial charge in [-0.25, -0.2) is 4.79 Å². The van der Waals surface area contributed by atoms with Crippen LogP contribution in [-0.2, 0) is 14.4 Å². The molecule has 0 spiro atoms. The van der Waals surface area contributed by atoms with Crippen molar-refractivity contribution in [3.8, 4) is 0 Å². The molecule has 0 saturated heterocycles. The number of carbonyl (C=O) groups excluding carboxylic acids is 1. The van der Waals surface area contributed by atoms with Gasteiger partial charge in [-0.2, -0.15) is 5.90 Å². The molecule has 0 amide bonds. The van der Waals surface area contributed by atoms with Gasteiger partial charge in [-0.1, -0.05) is 6.58 Å². The Labute approximate surface area is 75.5 Å². The van der Waals surface area contributed by atoms with Crippen molar-refractivity contribution in [2.24, 2.45) is 5.90 Å². The third-order valence-electron chi connectivity index (χ3n) is 1.45. The minimum atomic E-state index is -2.33. The van der Waals surface area contributed by atoms with Crippen LogP contribution in [0.1, 0.15) is 6.92 Å². The molecule has 0 aromatic carbocycles. The lowest BCUT2D eigenvalue weighted by Gasteiger charge is -2.25. The van der Waals surface area contributed by atoms with Crippen molar-refractivity contribution in [2.45, 2.75) is 18.8 Å². The third-order valence-corrected chi connectivity index (χ3v) is 1.45. The topological polar surface area (TPSA) is 102 Å². The average molecular weight is 191 g/mol. The van der Waals surface area contributed by atoms with Crippen LogP contribution in [0.15, 0.2) is 12.7 Å². The van der Waals surface area contributed by atoms with Crippen LogP contribution in [0.25, 0.3) is 0 Å². The van der Waals surface area contributed by atoms with Gasteiger partial charge in [0.05, 0.1) is 0 Å². The fourth-order valence-corrected chi connectivity index (χ4v) is 0.664. The van der Waals surface area contributed by atoms with Gasteiger partial charge >= 0.3 is 5.97 Å². The van der Waals surface area contributed by atoms with Gasteiger partial charge in [0.1, 0.15) is 0 Å². The van der Waals surface area contributed by atoms with Crippen molar-refractivity contribution in [1.82, 2.24) is 0 Å². The van der Waals surface area contributed by atoms with Crippen molar-refractivity contribution in [3.05, 3.63) is 12.7 Å². The van der Waals surface area contributed by atoms with Crippen LogP contribution in [0.2, 0.25) is 0 Å². The molecule has 6 heteroatoms. The Hall–Kier alpha value is -0.950. The number of ether oxygens (including phenoxy) is 1. The molecule has 2 unspecified atom stereocenters. The first-order valence-corrected chi connectivity index (χ1v) is 3.59. The predicted molar refractivity (Wildman–Crippen MR) is 43.1 cm³/mol. The van der Waals surface area contributed by atoms with E-state index < -0.39 is 17.9 Å². The van der Waals surface area contributed by atoms with E-state index in [4.69, 9.17) is 5.11 Å². The van der Waals surface area contributed by atoms with Crippen LogP contribution in [0, 0.1) is 0 Å². The second-order valence-corrected chi connectivity index (χ2v) is 2.24. The second kappa shape index (κ2) is 4.93. The molecular weight excluding hydrogens is 178 g/mol. The predicted octanol–water partition coefficient (Wildman–Crippen LogP) is -1.32. The molecule has 0 aliphatic rings. The van der Waals surface area contributed by atoms with E-state index in [9.17, 15) is 9.90 Å². The van der Waals surface area contributed by atoms with E-state index in [1.54, 1.807) is 6.92 Å². The second-order valence-electron chi connectivity index (χ2n) is 2.24. The standard InChI is InChI=1S/C7H13NO5/c1-3-7(11,6(10)13-8)5(9)12-4-2/h3,5,9,11H,1,4,8H2,2H3. The van der Waals surface area contributed by atoms with E-state index in [2.05, 4.69) is 22.1 Å². The van der Waals surface area contributed by atoms with E-state index in [0.717, 1.165) is 6.08 Å². The van der Waals surface area contributed by atoms with Crippen LogP contribution in [-0.4, -0.2) is 34.7 Å². The van der Waals surface area contributed by atoms with Gasteiger partial charge in [0.25, 0.3) is 0 Å². The molecule has 4 N–H and O–H groups in total. The molecule has 2 atom stereocenters. The fourth-order valence-electron chi connectivity index (χ4n) is 0.664. The first-order valence-electron chi connectivity index (χ1n) is 3.59. The van der Waals surface area contributed by atoms with Crippen LogP contribution >= 0.6 is 0 Å². The molecule has 0 heterocycles. The van der Waals surface area contributed by atoms with Gasteiger partial charge in [-0.3, -0.25) is 0 Å². The lowest BCUT2D eigenvalue weighted by molar-refractivity contribution is -0.212. The fraction of sp³-hybridized carbons (Fsp3) is 0.571. The van der Waals surface area contributed by atoms with Crippen molar-refractivity contribution >= 4 is 5.97 Å². The van der Waals surface area contributed by atoms with Gasteiger partial charge in [-0.05, 0) is 13.0 Å². The Morgan fingerprint density at radius 2 is 2.38 bits per heavy atom. The first-order chi connectivity index (χ1) is 6.02. The maximum atomic E-state index is 10.9. The molecular formula is C7H13NO5. The highest BCUT2D eigenvalue weighted by molar-refractivity contribution is 5.81. The zero-order valence-electron chi connectivity index (χ0n) is 7.27. The molecule has 0 aliphatic carbocycles. The molecule has 76 valence electrons. The quantitative estimate of drug-likeness (QED) is 0.283. The largest absolute Gasteiger partial charge is 0.371 e. The number of hydrogen-bond acceptors (Lipinski definition) is 6. The summed E-state index contributed by atoms with van der Waals surface area (Å²) in [5.74, 6) is 3.31. The maximum Gasteiger partial charge on any atom is 0.366 e. The Morgan fingerprint density at radius 1 is 1.85 bits per heavy atom. The summed E-state index contributed by atoms with van der Waals surface area (Å²) in [7, 11) is 0. The number of carbonyl (C=O) groups is 1. The SMILES string of the molecule is C=CC(O)(C(=O)ON)C(O)OCC. The lowest BCUT2D eigenvalue weighted by Crippen LogP contribution is -2.50. The van der Waals surface area contributed by atoms with E-state index in [1.165, 1.54) is 0 Å². The summed E-state index contributed by atoms with van der Waals surface area (Å²) in [5, 5.41) is 18.6. The first kappa shape index (κ1) is 12.0. The Balaban J connectivity index is 4.60. The highest BCUT2D eigenvalue weighted by atomic mass is 16.7. The Kier molecular flexibility index (Phi) is 4.57. The Bertz CT molecular complexity index is 195. The van der Waals surface area contributed by atoms with Gasteiger partial charge in [-0.15, -0.1) is 0 Å². The van der Waals surface area contributed by atoms with E-state index in [0.29, 0.717) is 0 Å². The molecule has 0 fully saturated rings. The number of hydrogen-bond donors (Lipinski definition) is 3. The summed E-state index contributed by atoms with van der Waals surface area (Å²) in [6, 6.07) is 0. The minimum Gasteiger partial charge on any atom is -0.371 e. The molecule has 0 rings (SSSR count). The molecule has 0 aliphatic heterocycles. The van der Waals surface area contributed by atoms with Crippen LogP contribution in [0.3, 0.4) is 0 Å². The monoisotopic (exact) mass is 191 g/mol. The summed E-state index contributed by atoms with van der Waals surface area (Å²) >= 11 is 0. The van der Waals surface area contributed by atoms with Crippen LogP contribution < -0.4 is 5.90 Å². The summed E-state index contributed by atoms with van der Waals surface area (Å²) < 4.78 is 4.60. The summed E-state index contributed by atoms with van der Waals surface area (Å²) in [5.41, 5.74) is -2.33. The van der Waals surface area contributed by atoms with Crippen molar-refractivity contribution in [2.75, 3.05) is 6.61 Å². The number of nitrogens with two attached hydrogens (primary N) is 1. The lowest BCUT2D eigenvalue weighted by atomic mass is 10.0. The average Bonchev–Trinajstić information content (AvgIpc) is 2.15. The summed E-state index contributed by atoms with van der Waals surface area (Å²) in [4.78, 5) is 14.6. The highest BCUT2D eigenvalue weighted by Crippen LogP contribution is 2.14. The van der Waals surface area contributed by atoms with Crippen LogP contribution in [0.4, 0.5) is 0 Å². The normalized spacial score (nSPS) is 17.2. The van der Waals surface area contributed by atoms with Crippen molar-refractivity contribution < 1.29 is 24.6 Å². The van der Waals surface area contributed by atoms with Crippen molar-refractivity contribution in [3.63, 3.8) is 0 Å². The zero-order valence-corrected chi connectivity index (χ0v) is 7.27. The van der Waals surface area contributed by atoms with Gasteiger partial charge < -0.3 is 19.8 Å². The summed E-state index contributed by atoms with van der Waals surface area (Å²) in [6.45, 7) is 4.86. The molecule has 0 aromatic heterocycles. The highest BCUT2D eigenvalue weighted by Gasteiger charge is 2.43. The zero-order chi connectivity index (χ0) is 10.5. The van der Waals surface area contributed by atoms with E-state index >= 15 is 0 Å². The minimum absolute atomic E-state index is 0.120. The van der Waals surface area contributed by atoms with Crippen LogP contribution in [0.5, 0.6) is 0 Å². The Morgan fingerprint density at radius 3 is 2.69 bits per heavy atom. The summed E-state index contributed by atoms with van der Waals surface area (Å²) in [6.07, 6.45) is -0.950. The van der Waals surface area contributed by atoms with Crippen molar-refractivity contribution in [1.29, 1.82) is 0 Å². The molecule has 0 radical (unpaired) electrons. The number of aliphatic hydroxyl groups excluding tert-OH is 1. The number of rotatable bonds is 5. The molecule has 6 nitrogen and oxygen atoms in total. The van der Waals surface area contributed by atoms with Gasteiger partial charge in [0.15, 0.2) is 6.29 Å². The molecule has 13 heavy (non-hydrogen) atoms. The van der Waals surface area contributed by atoms with Gasteiger partial charge in [0, 0.05) is 6.61 Å². The molecule has 0 bridgehead atoms. The van der Waals surface area contributed by atoms with Gasteiger partial charge in [0.2, 0.25) is 5.60 Å². The van der Waals surface area contributed by atoms with E-state index in [1.807, 2.05) is 0 Å². The third kappa shape index (κ3) is 2.49. The molecule has 0 aromatic rings. The number of aliphatic hydroxyl groups is 2. The smallest absolute Gasteiger partial charge is 0.366 e. The maximum absolute atomic E-state index is 10.9.